The summed E-state index contributed by atoms with van der Waals surface area (Å²) in [6.07, 6.45) is 0. The van der Waals surface area contributed by atoms with Crippen LogP contribution >= 0.6 is 0 Å². The topological polar surface area (TPSA) is 89.8 Å². The molecule has 7 nitrogen and oxygen atoms in total. The molecule has 2 aliphatic rings. The molecule has 8 heteroatoms. The summed E-state index contributed by atoms with van der Waals surface area (Å²) in [5, 5.41) is 16.2. The van der Waals surface area contributed by atoms with E-state index in [4.69, 9.17) is 9.73 Å². The fourth-order valence-corrected chi connectivity index (χ4v) is 3.35. The molecule has 0 saturated carbocycles. The number of benzene rings is 2. The number of nitrogens with zero attached hydrogens (tertiary/aromatic N) is 3. The summed E-state index contributed by atoms with van der Waals surface area (Å²) in [4.78, 5) is 19.5. The molecule has 0 radical (unpaired) electrons. The highest BCUT2D eigenvalue weighted by Crippen LogP contribution is 2.32. The maximum atomic E-state index is 13.8. The number of amidine groups is 1. The molecular weight excluding hydrogens is 385 g/mol. The summed E-state index contributed by atoms with van der Waals surface area (Å²) in [7, 11) is 0. The maximum Gasteiger partial charge on any atom is 0.351 e. The van der Waals surface area contributed by atoms with Gasteiger partial charge in [-0.05, 0) is 18.2 Å². The van der Waals surface area contributed by atoms with Gasteiger partial charge in [0, 0.05) is 31.7 Å². The van der Waals surface area contributed by atoms with Crippen molar-refractivity contribution in [2.45, 2.75) is 6.61 Å². The quantitative estimate of drug-likeness (QED) is 0.464. The van der Waals surface area contributed by atoms with E-state index in [1.807, 2.05) is 35.2 Å². The molecule has 0 amide bonds. The first-order chi connectivity index (χ1) is 14.7. The number of rotatable bonds is 3. The van der Waals surface area contributed by atoms with Gasteiger partial charge in [-0.3, -0.25) is 0 Å². The smallest absolute Gasteiger partial charge is 0.351 e. The second kappa shape index (κ2) is 8.76. The SMILES string of the molecule is N#C/C(C(=O)OCc1ccccc1F)=C1/Nc2ccccc2N=C1N1CCNCC1. The molecule has 2 N–H and O–H groups in total. The number of esters is 1. The number of nitrogens with one attached hydrogen (secondary N) is 2. The highest BCUT2D eigenvalue weighted by molar-refractivity contribution is 6.12. The third-order valence-electron chi connectivity index (χ3n) is 4.91. The van der Waals surface area contributed by atoms with E-state index in [1.165, 1.54) is 12.1 Å². The molecule has 152 valence electrons. The van der Waals surface area contributed by atoms with E-state index in [9.17, 15) is 14.4 Å². The van der Waals surface area contributed by atoms with Gasteiger partial charge in [-0.25, -0.2) is 14.2 Å². The van der Waals surface area contributed by atoms with Crippen molar-refractivity contribution in [1.29, 1.82) is 5.26 Å². The fourth-order valence-electron chi connectivity index (χ4n) is 3.35. The van der Waals surface area contributed by atoms with Crippen LogP contribution in [0.5, 0.6) is 0 Å². The number of aliphatic imine (C=N–C) groups is 1. The van der Waals surface area contributed by atoms with Gasteiger partial charge < -0.3 is 20.3 Å². The van der Waals surface area contributed by atoms with Crippen molar-refractivity contribution in [3.63, 3.8) is 0 Å². The van der Waals surface area contributed by atoms with Gasteiger partial charge in [-0.1, -0.05) is 30.3 Å². The molecule has 0 spiro atoms. The Morgan fingerprint density at radius 2 is 1.90 bits per heavy atom. The van der Waals surface area contributed by atoms with Gasteiger partial charge in [-0.15, -0.1) is 0 Å². The zero-order chi connectivity index (χ0) is 20.9. The number of carbonyl (C=O) groups is 1. The Morgan fingerprint density at radius 1 is 1.17 bits per heavy atom. The standard InChI is InChI=1S/C22H20FN5O2/c23-17-6-2-1-5-15(17)14-30-22(29)16(13-24)20-21(28-11-9-25-10-12-28)27-19-8-4-3-7-18(19)26-20/h1-8,25-26H,9-12,14H2/b20-16-. The van der Waals surface area contributed by atoms with Gasteiger partial charge in [-0.2, -0.15) is 5.26 Å². The van der Waals surface area contributed by atoms with Crippen molar-refractivity contribution in [2.24, 2.45) is 4.99 Å². The third kappa shape index (κ3) is 4.02. The lowest BCUT2D eigenvalue weighted by Gasteiger charge is -2.34. The van der Waals surface area contributed by atoms with Crippen LogP contribution in [0.1, 0.15) is 5.56 Å². The molecule has 0 unspecified atom stereocenters. The van der Waals surface area contributed by atoms with Gasteiger partial charge in [0.25, 0.3) is 0 Å². The van der Waals surface area contributed by atoms with E-state index < -0.39 is 11.8 Å². The number of nitriles is 1. The van der Waals surface area contributed by atoms with E-state index in [0.29, 0.717) is 30.3 Å². The Bertz CT molecular complexity index is 1070. The lowest BCUT2D eigenvalue weighted by atomic mass is 10.1. The summed E-state index contributed by atoms with van der Waals surface area (Å²) in [5.74, 6) is -0.774. The van der Waals surface area contributed by atoms with E-state index >= 15 is 0 Å². The Hall–Kier alpha value is -3.70. The van der Waals surface area contributed by atoms with Crippen LogP contribution in [0, 0.1) is 17.1 Å². The first kappa shape index (κ1) is 19.6. The Kier molecular flexibility index (Phi) is 5.72. The van der Waals surface area contributed by atoms with E-state index in [0.717, 1.165) is 18.8 Å². The largest absolute Gasteiger partial charge is 0.457 e. The van der Waals surface area contributed by atoms with Crippen LogP contribution in [0.15, 0.2) is 64.8 Å². The highest BCUT2D eigenvalue weighted by atomic mass is 19.1. The van der Waals surface area contributed by atoms with Gasteiger partial charge in [0.2, 0.25) is 0 Å². The van der Waals surface area contributed by atoms with E-state index in [2.05, 4.69) is 10.6 Å². The van der Waals surface area contributed by atoms with Crippen LogP contribution in [0.2, 0.25) is 0 Å². The number of hydrogen-bond acceptors (Lipinski definition) is 7. The minimum atomic E-state index is -0.828. The lowest BCUT2D eigenvalue weighted by molar-refractivity contribution is -0.139. The average Bonchev–Trinajstić information content (AvgIpc) is 2.79. The van der Waals surface area contributed by atoms with Gasteiger partial charge >= 0.3 is 5.97 Å². The second-order valence-electron chi connectivity index (χ2n) is 6.84. The number of halogens is 1. The molecule has 2 aromatic rings. The normalized spacial score (nSPS) is 17.2. The molecule has 1 saturated heterocycles. The Balaban J connectivity index is 1.67. The van der Waals surface area contributed by atoms with Crippen LogP contribution in [-0.2, 0) is 16.1 Å². The highest BCUT2D eigenvalue weighted by Gasteiger charge is 2.29. The molecular formula is C22H20FN5O2. The molecule has 2 aromatic carbocycles. The van der Waals surface area contributed by atoms with Crippen molar-refractivity contribution in [2.75, 3.05) is 31.5 Å². The Labute approximate surface area is 173 Å². The van der Waals surface area contributed by atoms with Crippen LogP contribution < -0.4 is 10.6 Å². The summed E-state index contributed by atoms with van der Waals surface area (Å²) >= 11 is 0. The summed E-state index contributed by atoms with van der Waals surface area (Å²) < 4.78 is 19.1. The van der Waals surface area contributed by atoms with Crippen LogP contribution in [0.3, 0.4) is 0 Å². The molecule has 0 bridgehead atoms. The zero-order valence-corrected chi connectivity index (χ0v) is 16.2. The van der Waals surface area contributed by atoms with E-state index in [-0.39, 0.29) is 17.7 Å². The van der Waals surface area contributed by atoms with Crippen molar-refractivity contribution >= 4 is 23.2 Å². The van der Waals surface area contributed by atoms with Crippen molar-refractivity contribution < 1.29 is 13.9 Å². The number of hydrogen-bond donors (Lipinski definition) is 2. The van der Waals surface area contributed by atoms with Gasteiger partial charge in [0.05, 0.1) is 11.4 Å². The van der Waals surface area contributed by atoms with Crippen molar-refractivity contribution in [3.8, 4) is 6.07 Å². The predicted octanol–water partition coefficient (Wildman–Crippen LogP) is 2.71. The molecule has 0 aliphatic carbocycles. The maximum absolute atomic E-state index is 13.8. The first-order valence-corrected chi connectivity index (χ1v) is 9.63. The molecule has 1 fully saturated rings. The summed E-state index contributed by atoms with van der Waals surface area (Å²) in [5.41, 5.74) is 1.77. The van der Waals surface area contributed by atoms with Gasteiger partial charge in [0.1, 0.15) is 24.2 Å². The number of ether oxygens (including phenoxy) is 1. The second-order valence-corrected chi connectivity index (χ2v) is 6.84. The zero-order valence-electron chi connectivity index (χ0n) is 16.2. The van der Waals surface area contributed by atoms with E-state index in [1.54, 1.807) is 12.1 Å². The molecule has 0 atom stereocenters. The van der Waals surface area contributed by atoms with Crippen molar-refractivity contribution in [3.05, 3.63) is 71.2 Å². The van der Waals surface area contributed by atoms with Crippen LogP contribution in [0.25, 0.3) is 0 Å². The number of carbonyl (C=O) groups excluding carboxylic acids is 1. The van der Waals surface area contributed by atoms with Crippen LogP contribution in [0.4, 0.5) is 15.8 Å². The van der Waals surface area contributed by atoms with Gasteiger partial charge in [0.15, 0.2) is 11.4 Å². The molecule has 2 aliphatic heterocycles. The average molecular weight is 405 g/mol. The number of piperazine rings is 1. The Morgan fingerprint density at radius 3 is 2.67 bits per heavy atom. The minimum absolute atomic E-state index is 0.196. The summed E-state index contributed by atoms with van der Waals surface area (Å²) in [6, 6.07) is 15.4. The van der Waals surface area contributed by atoms with Crippen LogP contribution in [-0.4, -0.2) is 42.9 Å². The molecule has 0 aromatic heterocycles. The fraction of sp³-hybridized carbons (Fsp3) is 0.227. The minimum Gasteiger partial charge on any atom is -0.457 e. The number of para-hydroxylation sites is 2. The molecule has 30 heavy (non-hydrogen) atoms. The molecule has 2 heterocycles. The van der Waals surface area contributed by atoms with Crippen molar-refractivity contribution in [1.82, 2.24) is 10.2 Å². The first-order valence-electron chi connectivity index (χ1n) is 9.63. The lowest BCUT2D eigenvalue weighted by Crippen LogP contribution is -2.48. The predicted molar refractivity (Wildman–Crippen MR) is 110 cm³/mol. The number of anilines is 1. The number of fused-ring (bicyclic) bond motifs is 1. The molecule has 4 rings (SSSR count). The monoisotopic (exact) mass is 405 g/mol. The summed E-state index contributed by atoms with van der Waals surface area (Å²) in [6.45, 7) is 2.66. The third-order valence-corrected chi connectivity index (χ3v) is 4.91.